The van der Waals surface area contributed by atoms with E-state index in [4.69, 9.17) is 0 Å². The molecule has 0 spiro atoms. The highest BCUT2D eigenvalue weighted by molar-refractivity contribution is 7.96. The number of rotatable bonds is 8. The second kappa shape index (κ2) is 14.8. The van der Waals surface area contributed by atoms with Crippen LogP contribution < -0.4 is 15.3 Å². The van der Waals surface area contributed by atoms with Crippen molar-refractivity contribution in [3.63, 3.8) is 0 Å². The molecular weight excluding hydrogens is 857 g/mol. The highest BCUT2D eigenvalue weighted by Crippen LogP contribution is 2.46. The molecule has 0 N–H and O–H groups in total. The van der Waals surface area contributed by atoms with E-state index in [9.17, 15) is 36.3 Å². The molecule has 0 aliphatic rings. The zero-order chi connectivity index (χ0) is 44.3. The van der Waals surface area contributed by atoms with E-state index in [0.717, 1.165) is 84.9 Å². The third-order valence-corrected chi connectivity index (χ3v) is 16.1. The minimum atomic E-state index is -5.59. The summed E-state index contributed by atoms with van der Waals surface area (Å²) in [4.78, 5) is 17.2. The second-order valence-corrected chi connectivity index (χ2v) is 19.2. The Balaban J connectivity index is 1.58. The Morgan fingerprint density at radius 2 is 0.774 bits per heavy atom. The molecule has 302 valence electrons. The molecule has 0 aromatic heterocycles. The summed E-state index contributed by atoms with van der Waals surface area (Å²) in [6, 6.07) is 25.1. The van der Waals surface area contributed by atoms with E-state index in [1.54, 1.807) is 6.07 Å². The van der Waals surface area contributed by atoms with Gasteiger partial charge in [0.05, 0.1) is 19.6 Å². The van der Waals surface area contributed by atoms with Gasteiger partial charge >= 0.3 is 17.1 Å². The Morgan fingerprint density at radius 3 is 1.18 bits per heavy atom. The lowest BCUT2D eigenvalue weighted by Crippen LogP contribution is -2.21. The van der Waals surface area contributed by atoms with Crippen molar-refractivity contribution >= 4 is 84.7 Å². The van der Waals surface area contributed by atoms with Crippen LogP contribution >= 0.6 is 0 Å². The smallest absolute Gasteiger partial charge is 0.378 e. The zero-order valence-corrected chi connectivity index (χ0v) is 33.6. The Kier molecular flexibility index (Phi) is 9.65. The number of carbonyl (C=O) groups excluding carboxylic acids is 1. The predicted octanol–water partition coefficient (Wildman–Crippen LogP) is 7.55. The maximum atomic E-state index is 15.6. The molecule has 62 heavy (non-hydrogen) atoms. The fourth-order valence-corrected chi connectivity index (χ4v) is 13.7. The molecule has 19 heteroatoms. The minimum Gasteiger partial charge on any atom is -0.867 e. The van der Waals surface area contributed by atoms with Gasteiger partial charge in [-0.25, -0.2) is 25.3 Å². The molecular formula is C43H22N6O10S3. The summed E-state index contributed by atoms with van der Waals surface area (Å²) in [5, 5.41) is 66.2. The highest BCUT2D eigenvalue weighted by atomic mass is 32.2. The molecule has 0 amide bonds. The van der Waals surface area contributed by atoms with Crippen molar-refractivity contribution in [2.45, 2.75) is 29.4 Å². The number of ketones is 1. The number of sulfone groups is 3. The van der Waals surface area contributed by atoms with Crippen LogP contribution in [-0.2, 0) is 29.5 Å². The van der Waals surface area contributed by atoms with Gasteiger partial charge in [-0.1, -0.05) is 66.7 Å². The lowest BCUT2D eigenvalue weighted by Gasteiger charge is -2.21. The molecule has 8 aromatic rings. The van der Waals surface area contributed by atoms with E-state index in [1.807, 2.05) is 0 Å². The highest BCUT2D eigenvalue weighted by Gasteiger charge is 2.41. The first-order chi connectivity index (χ1) is 29.6. The van der Waals surface area contributed by atoms with Gasteiger partial charge in [0.1, 0.15) is 9.79 Å². The van der Waals surface area contributed by atoms with Gasteiger partial charge in [0.2, 0.25) is 45.7 Å². The molecule has 0 bridgehead atoms. The Morgan fingerprint density at radius 1 is 0.387 bits per heavy atom. The van der Waals surface area contributed by atoms with E-state index in [2.05, 4.69) is 14.9 Å². The summed E-state index contributed by atoms with van der Waals surface area (Å²) in [7, 11) is -16.4. The van der Waals surface area contributed by atoms with Crippen LogP contribution in [0.1, 0.15) is 15.9 Å². The van der Waals surface area contributed by atoms with Crippen LogP contribution in [0.25, 0.3) is 47.2 Å². The standard InChI is InChI=1S/C43H22N6O10S3/c44-47-31-19-15-24-27(39(31)51)9-4-12-34(24)60(54,55)37-22-18-30(38(50)23-7-2-1-3-8-23)42(61(56,57)35-13-5-10-28-25(35)16-20-32(48-45)40(28)52)43(37)62(58,59)36-14-6-11-29-26(36)17-21-33(49-46)41(29)53/h1-22H. The van der Waals surface area contributed by atoms with Crippen molar-refractivity contribution in [3.8, 4) is 17.2 Å². The van der Waals surface area contributed by atoms with Crippen molar-refractivity contribution in [1.29, 1.82) is 16.2 Å². The SMILES string of the molecule is N#[N+]c1ccc2c(S(=O)(=O)c3ccc(C(=O)c4ccccc4)c(S(=O)(=O)c4cccc5c([O-])c([N+]#N)ccc45)c3S(=O)(=O)c3cccc4c([O-])c([N+]#N)ccc34)cccc2c1[O-]. The number of benzene rings is 8. The van der Waals surface area contributed by atoms with Gasteiger partial charge in [0.25, 0.3) is 0 Å². The lowest BCUT2D eigenvalue weighted by atomic mass is 10.0. The van der Waals surface area contributed by atoms with Crippen molar-refractivity contribution < 1.29 is 45.4 Å². The van der Waals surface area contributed by atoms with Crippen LogP contribution in [0.3, 0.4) is 0 Å². The van der Waals surface area contributed by atoms with E-state index >= 15 is 25.3 Å². The van der Waals surface area contributed by atoms with Gasteiger partial charge in [0, 0.05) is 45.5 Å². The molecule has 16 nitrogen and oxygen atoms in total. The molecule has 8 rings (SSSR count). The molecule has 0 fully saturated rings. The number of hydrogen-bond donors (Lipinski definition) is 0. The van der Waals surface area contributed by atoms with Gasteiger partial charge in [-0.05, 0) is 81.9 Å². The first-order valence-corrected chi connectivity index (χ1v) is 22.3. The molecule has 0 saturated heterocycles. The lowest BCUT2D eigenvalue weighted by molar-refractivity contribution is -0.265. The first-order valence-electron chi connectivity index (χ1n) is 17.8. The maximum Gasteiger partial charge on any atom is 0.378 e. The van der Waals surface area contributed by atoms with Crippen LogP contribution in [0.2, 0.25) is 0 Å². The quantitative estimate of drug-likeness (QED) is 0.105. The monoisotopic (exact) mass is 878 g/mol. The van der Waals surface area contributed by atoms with Gasteiger partial charge < -0.3 is 15.3 Å². The molecule has 8 aromatic carbocycles. The van der Waals surface area contributed by atoms with Crippen LogP contribution in [0.4, 0.5) is 17.1 Å². The van der Waals surface area contributed by atoms with Crippen molar-refractivity contribution in [3.05, 3.63) is 160 Å². The van der Waals surface area contributed by atoms with Gasteiger partial charge in [-0.2, -0.15) is 0 Å². The van der Waals surface area contributed by atoms with Crippen LogP contribution in [0, 0.1) is 16.2 Å². The van der Waals surface area contributed by atoms with Crippen molar-refractivity contribution in [1.82, 2.24) is 0 Å². The van der Waals surface area contributed by atoms with E-state index in [-0.39, 0.29) is 37.9 Å². The molecule has 0 unspecified atom stereocenters. The van der Waals surface area contributed by atoms with Crippen LogP contribution in [0.5, 0.6) is 17.2 Å². The molecule has 0 radical (unpaired) electrons. The van der Waals surface area contributed by atoms with E-state index in [1.165, 1.54) is 42.5 Å². The second-order valence-electron chi connectivity index (χ2n) is 13.6. The van der Waals surface area contributed by atoms with Crippen molar-refractivity contribution in [2.24, 2.45) is 0 Å². The third kappa shape index (κ3) is 6.10. The largest absolute Gasteiger partial charge is 0.867 e. The molecule has 0 aliphatic carbocycles. The topological polar surface area (TPSA) is 273 Å². The number of carbonyl (C=O) groups is 1. The summed E-state index contributed by atoms with van der Waals surface area (Å²) in [6.45, 7) is 0. The zero-order valence-electron chi connectivity index (χ0n) is 31.2. The average Bonchev–Trinajstić information content (AvgIpc) is 3.28. The molecule has 0 saturated carbocycles. The molecule has 0 heterocycles. The predicted molar refractivity (Wildman–Crippen MR) is 217 cm³/mol. The van der Waals surface area contributed by atoms with Gasteiger partial charge in [-0.3, -0.25) is 4.79 Å². The van der Waals surface area contributed by atoms with Gasteiger partial charge in [0.15, 0.2) is 20.7 Å². The maximum absolute atomic E-state index is 15.6. The summed E-state index contributed by atoms with van der Waals surface area (Å²) in [5.41, 5.74) is -2.35. The summed E-state index contributed by atoms with van der Waals surface area (Å²) >= 11 is 0. The summed E-state index contributed by atoms with van der Waals surface area (Å²) in [5.74, 6) is -3.82. The number of nitrogens with zero attached hydrogens (tertiary/aromatic N) is 6. The number of fused-ring (bicyclic) bond motifs is 3. The Labute approximate surface area is 350 Å². The van der Waals surface area contributed by atoms with E-state index < -0.39 is 105 Å². The number of diazo groups is 3. The Hall–Kier alpha value is -8.28. The summed E-state index contributed by atoms with van der Waals surface area (Å²) in [6.07, 6.45) is 0. The molecule has 0 atom stereocenters. The summed E-state index contributed by atoms with van der Waals surface area (Å²) < 4.78 is 92.8. The average molecular weight is 879 g/mol. The van der Waals surface area contributed by atoms with E-state index in [0.29, 0.717) is 0 Å². The van der Waals surface area contributed by atoms with Crippen LogP contribution in [-0.4, -0.2) is 31.0 Å². The first kappa shape index (κ1) is 40.5. The normalized spacial score (nSPS) is 11.8. The fourth-order valence-electron chi connectivity index (χ4n) is 7.35. The third-order valence-electron chi connectivity index (χ3n) is 10.2. The fraction of sp³-hybridized carbons (Fsp3) is 0. The van der Waals surface area contributed by atoms with Crippen LogP contribution in [0.15, 0.2) is 163 Å². The van der Waals surface area contributed by atoms with Crippen molar-refractivity contribution in [2.75, 3.05) is 0 Å². The van der Waals surface area contributed by atoms with Gasteiger partial charge in [-0.15, -0.1) is 0 Å². The minimum absolute atomic E-state index is 0.138. The molecule has 0 aliphatic heterocycles. The number of hydrogen-bond acceptors (Lipinski definition) is 13. The Bertz CT molecular complexity index is 3790.